The molecule has 0 aliphatic rings. The van der Waals surface area contributed by atoms with E-state index in [1.165, 1.54) is 0 Å². The Balaban J connectivity index is 1.74. The molecule has 1 unspecified atom stereocenters. The number of benzene rings is 2. The van der Waals surface area contributed by atoms with Gasteiger partial charge >= 0.3 is 0 Å². The summed E-state index contributed by atoms with van der Waals surface area (Å²) in [7, 11) is 3.82. The van der Waals surface area contributed by atoms with Crippen LogP contribution in [0.4, 0.5) is 5.82 Å². The number of hydrogen-bond donors (Lipinski definition) is 2. The van der Waals surface area contributed by atoms with Gasteiger partial charge in [-0.3, -0.25) is 9.59 Å². The molecule has 0 saturated heterocycles. The van der Waals surface area contributed by atoms with E-state index in [4.69, 9.17) is 0 Å². The SMILES string of the molecule is CN(C)c1cc(CNC(=O)C(NC(=O)c2ccccc2)c2ccccc2)ccn1. The Morgan fingerprint density at radius 2 is 1.62 bits per heavy atom. The maximum absolute atomic E-state index is 13.0. The number of anilines is 1. The number of amides is 2. The Morgan fingerprint density at radius 1 is 0.966 bits per heavy atom. The lowest BCUT2D eigenvalue weighted by molar-refractivity contribution is -0.123. The lowest BCUT2D eigenvalue weighted by atomic mass is 10.1. The summed E-state index contributed by atoms with van der Waals surface area (Å²) in [4.78, 5) is 31.8. The second kappa shape index (κ2) is 9.50. The van der Waals surface area contributed by atoms with Crippen molar-refractivity contribution in [1.82, 2.24) is 15.6 Å². The predicted molar refractivity (Wildman–Crippen MR) is 114 cm³/mol. The third-order valence-electron chi connectivity index (χ3n) is 4.44. The first-order valence-electron chi connectivity index (χ1n) is 9.35. The van der Waals surface area contributed by atoms with Gasteiger partial charge < -0.3 is 15.5 Å². The molecule has 0 spiro atoms. The molecule has 2 amide bonds. The highest BCUT2D eigenvalue weighted by Crippen LogP contribution is 2.15. The molecule has 2 N–H and O–H groups in total. The fourth-order valence-electron chi connectivity index (χ4n) is 2.86. The number of carbonyl (C=O) groups is 2. The maximum Gasteiger partial charge on any atom is 0.252 e. The van der Waals surface area contributed by atoms with Gasteiger partial charge in [-0.15, -0.1) is 0 Å². The highest BCUT2D eigenvalue weighted by molar-refractivity contribution is 5.97. The summed E-state index contributed by atoms with van der Waals surface area (Å²) in [5, 5.41) is 5.76. The van der Waals surface area contributed by atoms with Gasteiger partial charge in [-0.2, -0.15) is 0 Å². The molecular weight excluding hydrogens is 364 g/mol. The van der Waals surface area contributed by atoms with E-state index >= 15 is 0 Å². The van der Waals surface area contributed by atoms with Crippen LogP contribution >= 0.6 is 0 Å². The van der Waals surface area contributed by atoms with Gasteiger partial charge in [0.25, 0.3) is 5.91 Å². The zero-order valence-electron chi connectivity index (χ0n) is 16.5. The summed E-state index contributed by atoms with van der Waals surface area (Å²) in [5.41, 5.74) is 2.15. The molecule has 0 fully saturated rings. The van der Waals surface area contributed by atoms with Gasteiger partial charge in [0.05, 0.1) is 0 Å². The summed E-state index contributed by atoms with van der Waals surface area (Å²) < 4.78 is 0. The lowest BCUT2D eigenvalue weighted by Gasteiger charge is -2.19. The minimum Gasteiger partial charge on any atom is -0.363 e. The van der Waals surface area contributed by atoms with Crippen LogP contribution in [0.25, 0.3) is 0 Å². The first-order chi connectivity index (χ1) is 14.0. The second-order valence-electron chi connectivity index (χ2n) is 6.82. The molecule has 148 valence electrons. The first-order valence-corrected chi connectivity index (χ1v) is 9.35. The highest BCUT2D eigenvalue weighted by Gasteiger charge is 2.23. The van der Waals surface area contributed by atoms with Crippen molar-refractivity contribution >= 4 is 17.6 Å². The Bertz CT molecular complexity index is 959. The van der Waals surface area contributed by atoms with E-state index in [0.29, 0.717) is 12.1 Å². The highest BCUT2D eigenvalue weighted by atomic mass is 16.2. The summed E-state index contributed by atoms with van der Waals surface area (Å²) >= 11 is 0. The van der Waals surface area contributed by atoms with Crippen LogP contribution in [0.5, 0.6) is 0 Å². The third kappa shape index (κ3) is 5.42. The van der Waals surface area contributed by atoms with E-state index in [0.717, 1.165) is 16.9 Å². The molecule has 6 nitrogen and oxygen atoms in total. The van der Waals surface area contributed by atoms with Crippen LogP contribution in [-0.4, -0.2) is 30.9 Å². The predicted octanol–water partition coefficient (Wildman–Crippen LogP) is 2.94. The molecule has 1 atom stereocenters. The van der Waals surface area contributed by atoms with Crippen LogP contribution < -0.4 is 15.5 Å². The van der Waals surface area contributed by atoms with Gasteiger partial charge in [-0.1, -0.05) is 48.5 Å². The van der Waals surface area contributed by atoms with Crippen molar-refractivity contribution in [3.05, 3.63) is 95.7 Å². The van der Waals surface area contributed by atoms with Crippen molar-refractivity contribution in [1.29, 1.82) is 0 Å². The second-order valence-corrected chi connectivity index (χ2v) is 6.82. The number of nitrogens with one attached hydrogen (secondary N) is 2. The van der Waals surface area contributed by atoms with E-state index in [1.807, 2.05) is 67.5 Å². The molecule has 3 rings (SSSR count). The Kier molecular flexibility index (Phi) is 6.58. The van der Waals surface area contributed by atoms with E-state index < -0.39 is 6.04 Å². The van der Waals surface area contributed by atoms with E-state index in [2.05, 4.69) is 15.6 Å². The smallest absolute Gasteiger partial charge is 0.252 e. The number of aromatic nitrogens is 1. The number of nitrogens with zero attached hydrogens (tertiary/aromatic N) is 2. The van der Waals surface area contributed by atoms with Crippen molar-refractivity contribution in [3.8, 4) is 0 Å². The van der Waals surface area contributed by atoms with Gasteiger partial charge in [0.2, 0.25) is 5.91 Å². The molecule has 1 aromatic heterocycles. The Morgan fingerprint density at radius 3 is 2.28 bits per heavy atom. The number of hydrogen-bond acceptors (Lipinski definition) is 4. The number of carbonyl (C=O) groups excluding carboxylic acids is 2. The summed E-state index contributed by atoms with van der Waals surface area (Å²) in [6.07, 6.45) is 1.71. The molecule has 3 aromatic rings. The molecule has 2 aromatic carbocycles. The van der Waals surface area contributed by atoms with E-state index in [-0.39, 0.29) is 11.8 Å². The third-order valence-corrected chi connectivity index (χ3v) is 4.44. The van der Waals surface area contributed by atoms with Gasteiger partial charge in [0.15, 0.2) is 0 Å². The molecular formula is C23H24N4O2. The molecule has 0 aliphatic heterocycles. The van der Waals surface area contributed by atoms with Crippen molar-refractivity contribution in [2.24, 2.45) is 0 Å². The summed E-state index contributed by atoms with van der Waals surface area (Å²) in [5.74, 6) is 0.242. The number of pyridine rings is 1. The van der Waals surface area contributed by atoms with Crippen molar-refractivity contribution < 1.29 is 9.59 Å². The molecule has 0 aliphatic carbocycles. The average Bonchev–Trinajstić information content (AvgIpc) is 2.77. The Labute approximate surface area is 170 Å². The lowest BCUT2D eigenvalue weighted by Crippen LogP contribution is -2.40. The molecule has 0 saturated carbocycles. The standard InChI is InChI=1S/C23H24N4O2/c1-27(2)20-15-17(13-14-24-20)16-25-23(29)21(18-9-5-3-6-10-18)26-22(28)19-11-7-4-8-12-19/h3-15,21H,16H2,1-2H3,(H,25,29)(H,26,28). The van der Waals surface area contributed by atoms with E-state index in [1.54, 1.807) is 30.5 Å². The molecule has 0 bridgehead atoms. The first kappa shape index (κ1) is 20.1. The van der Waals surface area contributed by atoms with Crippen molar-refractivity contribution in [2.45, 2.75) is 12.6 Å². The van der Waals surface area contributed by atoms with Gasteiger partial charge in [0, 0.05) is 32.4 Å². The van der Waals surface area contributed by atoms with Crippen LogP contribution in [0.2, 0.25) is 0 Å². The van der Waals surface area contributed by atoms with Gasteiger partial charge in [-0.05, 0) is 35.4 Å². The molecule has 29 heavy (non-hydrogen) atoms. The number of rotatable bonds is 7. The maximum atomic E-state index is 13.0. The topological polar surface area (TPSA) is 74.3 Å². The van der Waals surface area contributed by atoms with Gasteiger partial charge in [0.1, 0.15) is 11.9 Å². The van der Waals surface area contributed by atoms with Crippen LogP contribution in [0.1, 0.15) is 27.5 Å². The average molecular weight is 388 g/mol. The van der Waals surface area contributed by atoms with Crippen molar-refractivity contribution in [3.63, 3.8) is 0 Å². The van der Waals surface area contributed by atoms with Gasteiger partial charge in [-0.25, -0.2) is 4.98 Å². The van der Waals surface area contributed by atoms with E-state index in [9.17, 15) is 9.59 Å². The van der Waals surface area contributed by atoms with Crippen molar-refractivity contribution in [2.75, 3.05) is 19.0 Å². The summed E-state index contributed by atoms with van der Waals surface area (Å²) in [6, 6.07) is 21.0. The minimum atomic E-state index is -0.793. The monoisotopic (exact) mass is 388 g/mol. The summed E-state index contributed by atoms with van der Waals surface area (Å²) in [6.45, 7) is 0.340. The van der Waals surface area contributed by atoms with Crippen LogP contribution in [0.3, 0.4) is 0 Å². The van der Waals surface area contributed by atoms with Crippen LogP contribution in [0.15, 0.2) is 79.0 Å². The zero-order valence-corrected chi connectivity index (χ0v) is 16.5. The Hall–Kier alpha value is -3.67. The fourth-order valence-corrected chi connectivity index (χ4v) is 2.86. The fraction of sp³-hybridized carbons (Fsp3) is 0.174. The largest absolute Gasteiger partial charge is 0.363 e. The molecule has 6 heteroatoms. The van der Waals surface area contributed by atoms with Crippen LogP contribution in [-0.2, 0) is 11.3 Å². The normalized spacial score (nSPS) is 11.4. The molecule has 1 heterocycles. The zero-order chi connectivity index (χ0) is 20.6. The van der Waals surface area contributed by atoms with Crippen LogP contribution in [0, 0.1) is 0 Å². The quantitative estimate of drug-likeness (QED) is 0.653. The minimum absolute atomic E-state index is 0.274. The molecule has 0 radical (unpaired) electrons.